The fourth-order valence-electron chi connectivity index (χ4n) is 5.85. The third-order valence-corrected chi connectivity index (χ3v) is 8.03. The fraction of sp³-hybridized carbons (Fsp3) is 0.176. The van der Waals surface area contributed by atoms with Crippen LogP contribution in [0.1, 0.15) is 23.4 Å². The molecule has 3 heterocycles. The summed E-state index contributed by atoms with van der Waals surface area (Å²) in [5.41, 5.74) is 8.31. The number of hydrogen-bond donors (Lipinski definition) is 1. The highest BCUT2D eigenvalue weighted by Gasteiger charge is 2.28. The van der Waals surface area contributed by atoms with Gasteiger partial charge in [-0.25, -0.2) is 14.8 Å². The SMILES string of the molecule is Cc1cc(-c2nc3ccccc3n2C)cc2c1nc(CCC(F)(F)F)n2Cc1ccc(-c2ccccc2-c2noc(=O)[nH]2)cc1. The lowest BCUT2D eigenvalue weighted by Crippen LogP contribution is -2.12. The van der Waals surface area contributed by atoms with E-state index < -0.39 is 18.4 Å². The standard InChI is InChI=1S/C34H27F3N6O2/c1-20-17-23(32-38-26-9-5-6-10-27(26)42(32)2)18-28-30(20)39-29(15-16-34(35,36)37)43(28)19-21-11-13-22(14-12-21)24-7-3-4-8-25(24)31-40-33(44)45-41-31/h3-14,17-18H,15-16,19H2,1-2H3,(H,40,41,44). The summed E-state index contributed by atoms with van der Waals surface area (Å²) in [6, 6.07) is 27.1. The number of rotatable bonds is 7. The Morgan fingerprint density at radius 1 is 0.867 bits per heavy atom. The van der Waals surface area contributed by atoms with Crippen molar-refractivity contribution in [1.82, 2.24) is 29.2 Å². The molecule has 45 heavy (non-hydrogen) atoms. The van der Waals surface area contributed by atoms with Gasteiger partial charge in [-0.15, -0.1) is 0 Å². The first kappa shape index (κ1) is 28.3. The molecule has 0 aliphatic rings. The van der Waals surface area contributed by atoms with Crippen LogP contribution in [0.15, 0.2) is 94.2 Å². The summed E-state index contributed by atoms with van der Waals surface area (Å²) >= 11 is 0. The second-order valence-electron chi connectivity index (χ2n) is 11.1. The molecule has 4 aromatic carbocycles. The van der Waals surface area contributed by atoms with Crippen LogP contribution in [0.5, 0.6) is 0 Å². The molecule has 0 fully saturated rings. The van der Waals surface area contributed by atoms with Crippen molar-refractivity contribution < 1.29 is 17.7 Å². The maximum Gasteiger partial charge on any atom is 0.439 e. The van der Waals surface area contributed by atoms with E-state index in [1.54, 1.807) is 0 Å². The molecular weight excluding hydrogens is 581 g/mol. The van der Waals surface area contributed by atoms with Crippen LogP contribution in [0, 0.1) is 6.92 Å². The lowest BCUT2D eigenvalue weighted by Gasteiger charge is -2.13. The number of nitrogens with one attached hydrogen (secondary N) is 1. The molecule has 0 saturated carbocycles. The zero-order valence-electron chi connectivity index (χ0n) is 24.4. The molecule has 0 unspecified atom stereocenters. The van der Waals surface area contributed by atoms with E-state index in [1.165, 1.54) is 0 Å². The van der Waals surface area contributed by atoms with Crippen LogP contribution < -0.4 is 5.76 Å². The second-order valence-corrected chi connectivity index (χ2v) is 11.1. The van der Waals surface area contributed by atoms with E-state index in [0.717, 1.165) is 50.2 Å². The molecule has 8 nitrogen and oxygen atoms in total. The van der Waals surface area contributed by atoms with Crippen LogP contribution in [0.25, 0.3) is 56.0 Å². The number of alkyl halides is 3. The average Bonchev–Trinajstić information content (AvgIpc) is 3.72. The van der Waals surface area contributed by atoms with Gasteiger partial charge in [0.15, 0.2) is 5.82 Å². The largest absolute Gasteiger partial charge is 0.439 e. The van der Waals surface area contributed by atoms with Crippen molar-refractivity contribution in [2.24, 2.45) is 7.05 Å². The Hall–Kier alpha value is -5.45. The first-order valence-electron chi connectivity index (χ1n) is 14.4. The van der Waals surface area contributed by atoms with E-state index in [1.807, 2.05) is 108 Å². The van der Waals surface area contributed by atoms with E-state index in [9.17, 15) is 18.0 Å². The van der Waals surface area contributed by atoms with Gasteiger partial charge in [0.2, 0.25) is 0 Å². The van der Waals surface area contributed by atoms with Gasteiger partial charge in [-0.3, -0.25) is 9.51 Å². The Kier molecular flexibility index (Phi) is 6.87. The molecule has 0 aliphatic carbocycles. The summed E-state index contributed by atoms with van der Waals surface area (Å²) < 4.78 is 48.6. The van der Waals surface area contributed by atoms with E-state index >= 15 is 0 Å². The van der Waals surface area contributed by atoms with Crippen LogP contribution in [0.2, 0.25) is 0 Å². The third kappa shape index (κ3) is 5.41. The van der Waals surface area contributed by atoms with Crippen molar-refractivity contribution in [2.45, 2.75) is 32.5 Å². The number of imidazole rings is 2. The van der Waals surface area contributed by atoms with Crippen molar-refractivity contribution in [3.63, 3.8) is 0 Å². The normalized spacial score (nSPS) is 12.0. The minimum atomic E-state index is -4.31. The van der Waals surface area contributed by atoms with Crippen LogP contribution in [-0.2, 0) is 20.0 Å². The highest BCUT2D eigenvalue weighted by Crippen LogP contribution is 2.33. The monoisotopic (exact) mass is 608 g/mol. The molecule has 1 N–H and O–H groups in total. The topological polar surface area (TPSA) is 94.5 Å². The van der Waals surface area contributed by atoms with Crippen molar-refractivity contribution in [1.29, 1.82) is 0 Å². The van der Waals surface area contributed by atoms with Gasteiger partial charge in [-0.2, -0.15) is 13.2 Å². The fourth-order valence-corrected chi connectivity index (χ4v) is 5.85. The van der Waals surface area contributed by atoms with Crippen LogP contribution in [0.3, 0.4) is 0 Å². The van der Waals surface area contributed by atoms with Gasteiger partial charge in [0.25, 0.3) is 0 Å². The highest BCUT2D eigenvalue weighted by molar-refractivity contribution is 5.87. The molecule has 7 rings (SSSR count). The molecular formula is C34H27F3N6O2. The number of aromatic amines is 1. The summed E-state index contributed by atoms with van der Waals surface area (Å²) in [5, 5.41) is 3.83. The van der Waals surface area contributed by atoms with Gasteiger partial charge >= 0.3 is 11.9 Å². The molecule has 11 heteroatoms. The predicted molar refractivity (Wildman–Crippen MR) is 166 cm³/mol. The van der Waals surface area contributed by atoms with E-state index in [4.69, 9.17) is 14.5 Å². The van der Waals surface area contributed by atoms with Crippen molar-refractivity contribution in [3.8, 4) is 33.9 Å². The molecule has 226 valence electrons. The molecule has 0 radical (unpaired) electrons. The molecule has 0 atom stereocenters. The summed E-state index contributed by atoms with van der Waals surface area (Å²) in [6.45, 7) is 2.25. The zero-order valence-corrected chi connectivity index (χ0v) is 24.4. The van der Waals surface area contributed by atoms with Crippen LogP contribution >= 0.6 is 0 Å². The lowest BCUT2D eigenvalue weighted by molar-refractivity contribution is -0.134. The van der Waals surface area contributed by atoms with Crippen LogP contribution in [0.4, 0.5) is 13.2 Å². The van der Waals surface area contributed by atoms with Gasteiger partial charge in [0.1, 0.15) is 11.6 Å². The number of nitrogens with zero attached hydrogens (tertiary/aromatic N) is 5. The highest BCUT2D eigenvalue weighted by atomic mass is 19.4. The number of para-hydroxylation sites is 2. The van der Waals surface area contributed by atoms with Gasteiger partial charge in [-0.05, 0) is 53.4 Å². The number of aryl methyl sites for hydroxylation is 3. The van der Waals surface area contributed by atoms with Crippen LogP contribution in [-0.4, -0.2) is 35.4 Å². The molecule has 0 aliphatic heterocycles. The summed E-state index contributed by atoms with van der Waals surface area (Å²) in [7, 11) is 1.95. The minimum absolute atomic E-state index is 0.236. The van der Waals surface area contributed by atoms with E-state index in [-0.39, 0.29) is 6.42 Å². The number of benzene rings is 4. The zero-order chi connectivity index (χ0) is 31.3. The Morgan fingerprint density at radius 2 is 1.60 bits per heavy atom. The number of hydrogen-bond acceptors (Lipinski definition) is 5. The van der Waals surface area contributed by atoms with Crippen molar-refractivity contribution in [2.75, 3.05) is 0 Å². The molecule has 3 aromatic heterocycles. The van der Waals surface area contributed by atoms with Gasteiger partial charge in [0.05, 0.1) is 28.5 Å². The molecule has 0 bridgehead atoms. The molecule has 7 aromatic rings. The Balaban J connectivity index is 1.29. The Bertz CT molecular complexity index is 2240. The second kappa shape index (κ2) is 10.9. The Morgan fingerprint density at radius 3 is 2.31 bits per heavy atom. The molecule has 0 amide bonds. The van der Waals surface area contributed by atoms with Gasteiger partial charge in [-0.1, -0.05) is 65.8 Å². The van der Waals surface area contributed by atoms with E-state index in [2.05, 4.69) is 10.1 Å². The van der Waals surface area contributed by atoms with Crippen molar-refractivity contribution in [3.05, 3.63) is 112 Å². The smallest absolute Gasteiger partial charge is 0.327 e. The number of halogens is 3. The number of fused-ring (bicyclic) bond motifs is 2. The summed E-state index contributed by atoms with van der Waals surface area (Å²) in [5.74, 6) is 0.823. The summed E-state index contributed by atoms with van der Waals surface area (Å²) in [4.78, 5) is 23.7. The molecule has 0 spiro atoms. The quantitative estimate of drug-likeness (QED) is 0.203. The maximum absolute atomic E-state index is 13.4. The average molecular weight is 609 g/mol. The summed E-state index contributed by atoms with van der Waals surface area (Å²) in [6.07, 6.45) is -5.51. The maximum atomic E-state index is 13.4. The first-order chi connectivity index (χ1) is 21.6. The molecule has 0 saturated heterocycles. The third-order valence-electron chi connectivity index (χ3n) is 8.03. The van der Waals surface area contributed by atoms with Gasteiger partial charge < -0.3 is 9.13 Å². The van der Waals surface area contributed by atoms with E-state index in [0.29, 0.717) is 29.3 Å². The Labute approximate surface area is 254 Å². The minimum Gasteiger partial charge on any atom is -0.327 e. The number of aromatic nitrogens is 6. The first-order valence-corrected chi connectivity index (χ1v) is 14.4. The lowest BCUT2D eigenvalue weighted by atomic mass is 9.98. The number of H-pyrrole nitrogens is 1. The van der Waals surface area contributed by atoms with Gasteiger partial charge in [0, 0.05) is 31.1 Å². The van der Waals surface area contributed by atoms with Crippen molar-refractivity contribution >= 4 is 22.1 Å². The predicted octanol–water partition coefficient (Wildman–Crippen LogP) is 7.45.